The quantitative estimate of drug-likeness (QED) is 0.419. The lowest BCUT2D eigenvalue weighted by molar-refractivity contribution is -0.156. The predicted molar refractivity (Wildman–Crippen MR) is 112 cm³/mol. The Morgan fingerprint density at radius 3 is 2.23 bits per heavy atom. The zero-order chi connectivity index (χ0) is 23.3. The van der Waals surface area contributed by atoms with Crippen LogP contribution in [-0.2, 0) is 19.2 Å². The third kappa shape index (κ3) is 3.52. The van der Waals surface area contributed by atoms with E-state index < -0.39 is 46.8 Å². The molecule has 3 rings (SSSR count). The number of carbonyl (C=O) groups excluding carboxylic acids is 3. The second-order valence-electron chi connectivity index (χ2n) is 9.45. The number of benzene rings is 1. The number of hydrogen-bond donors (Lipinski definition) is 2. The van der Waals surface area contributed by atoms with Crippen LogP contribution in [0.15, 0.2) is 24.3 Å². The van der Waals surface area contributed by atoms with Crippen LogP contribution in [0.1, 0.15) is 59.6 Å². The summed E-state index contributed by atoms with van der Waals surface area (Å²) in [4.78, 5) is 52.0. The number of aliphatic carboxylic acids is 1. The molecule has 5 atom stereocenters. The van der Waals surface area contributed by atoms with Crippen molar-refractivity contribution < 1.29 is 29.0 Å². The maximum Gasteiger partial charge on any atom is 0.325 e. The molecule has 0 aromatic heterocycles. The number of imide groups is 1. The first-order chi connectivity index (χ1) is 14.4. The van der Waals surface area contributed by atoms with Crippen molar-refractivity contribution in [2.45, 2.75) is 65.1 Å². The zero-order valence-corrected chi connectivity index (χ0v) is 18.8. The minimum atomic E-state index is -1.56. The number of hydrogen-bond acceptors (Lipinski definition) is 6. The van der Waals surface area contributed by atoms with Crippen molar-refractivity contribution in [3.05, 3.63) is 29.8 Å². The highest BCUT2D eigenvalue weighted by atomic mass is 16.5. The van der Waals surface area contributed by atoms with Crippen LogP contribution in [0.25, 0.3) is 0 Å². The molecule has 2 saturated heterocycles. The number of nitrogens with zero attached hydrogens (tertiary/aromatic N) is 1. The van der Waals surface area contributed by atoms with E-state index in [1.165, 1.54) is 11.8 Å². The maximum atomic E-state index is 13.5. The minimum Gasteiger partial charge on any atom is -0.480 e. The fourth-order valence-electron chi connectivity index (χ4n) is 4.98. The van der Waals surface area contributed by atoms with Crippen LogP contribution in [-0.4, -0.2) is 44.8 Å². The average Bonchev–Trinajstić information content (AvgIpc) is 3.16. The molecule has 1 aromatic rings. The van der Waals surface area contributed by atoms with Gasteiger partial charge in [-0.05, 0) is 44.4 Å². The molecule has 1 aromatic carbocycles. The molecule has 2 amide bonds. The number of carbonyl (C=O) groups is 4. The minimum absolute atomic E-state index is 0.349. The summed E-state index contributed by atoms with van der Waals surface area (Å²) >= 11 is 0. The molecule has 0 aliphatic carbocycles. The van der Waals surface area contributed by atoms with Gasteiger partial charge in [0.2, 0.25) is 11.8 Å². The van der Waals surface area contributed by atoms with Crippen molar-refractivity contribution in [1.29, 1.82) is 0 Å². The highest BCUT2D eigenvalue weighted by molar-refractivity contribution is 6.10. The van der Waals surface area contributed by atoms with E-state index >= 15 is 0 Å². The fraction of sp³-hybridized carbons (Fsp3) is 0.565. The molecule has 0 spiro atoms. The average molecular weight is 431 g/mol. The van der Waals surface area contributed by atoms with Crippen LogP contribution in [0.3, 0.4) is 0 Å². The van der Waals surface area contributed by atoms with Crippen molar-refractivity contribution in [3.8, 4) is 5.75 Å². The molecule has 2 aliphatic heterocycles. The third-order valence-electron chi connectivity index (χ3n) is 6.51. The Morgan fingerprint density at radius 1 is 1.19 bits per heavy atom. The first-order valence-electron chi connectivity index (χ1n) is 10.5. The van der Waals surface area contributed by atoms with Crippen molar-refractivity contribution in [3.63, 3.8) is 0 Å². The number of carboxylic acids is 1. The summed E-state index contributed by atoms with van der Waals surface area (Å²) in [6, 6.07) is 5.92. The van der Waals surface area contributed by atoms with Gasteiger partial charge in [0.25, 0.3) is 0 Å². The van der Waals surface area contributed by atoms with Gasteiger partial charge in [-0.25, -0.2) is 0 Å². The molecular formula is C23H30N2O6. The van der Waals surface area contributed by atoms with Gasteiger partial charge in [0, 0.05) is 18.5 Å². The number of rotatable bonds is 5. The lowest BCUT2D eigenvalue weighted by Crippen LogP contribution is -2.60. The van der Waals surface area contributed by atoms with E-state index in [4.69, 9.17) is 4.74 Å². The summed E-state index contributed by atoms with van der Waals surface area (Å²) in [5, 5.41) is 13.5. The number of fused-ring (bicyclic) bond motifs is 1. The number of carboxylic acid groups (broad SMARTS) is 1. The zero-order valence-electron chi connectivity index (χ0n) is 18.8. The second-order valence-corrected chi connectivity index (χ2v) is 9.45. The standard InChI is InChI=1S/C23H30N2O6/c1-7-12(2)23(21(29)30)17-16(19(27)25(20(17)28)22(4,5)6)18(24-23)14-8-10-15(11-9-14)31-13(3)26/h8-12,16-18,24H,7H2,1-6H3,(H,29,30). The Bertz CT molecular complexity index is 919. The molecule has 8 heteroatoms. The molecule has 0 saturated carbocycles. The van der Waals surface area contributed by atoms with Crippen LogP contribution in [0.4, 0.5) is 0 Å². The summed E-state index contributed by atoms with van der Waals surface area (Å²) in [6.07, 6.45) is 0.525. The molecule has 2 N–H and O–H groups in total. The predicted octanol–water partition coefficient (Wildman–Crippen LogP) is 2.53. The highest BCUT2D eigenvalue weighted by Crippen LogP contribution is 2.53. The molecule has 168 valence electrons. The van der Waals surface area contributed by atoms with E-state index in [1.807, 2.05) is 6.92 Å². The van der Waals surface area contributed by atoms with Gasteiger partial charge in [-0.1, -0.05) is 32.4 Å². The molecule has 2 fully saturated rings. The first-order valence-corrected chi connectivity index (χ1v) is 10.5. The number of ether oxygens (including phenoxy) is 1. The number of esters is 1. The normalized spacial score (nSPS) is 29.1. The summed E-state index contributed by atoms with van der Waals surface area (Å²) < 4.78 is 5.07. The van der Waals surface area contributed by atoms with E-state index in [0.29, 0.717) is 17.7 Å². The van der Waals surface area contributed by atoms with Gasteiger partial charge in [-0.2, -0.15) is 0 Å². The van der Waals surface area contributed by atoms with Crippen molar-refractivity contribution in [2.24, 2.45) is 17.8 Å². The number of likely N-dealkylation sites (tertiary alicyclic amines) is 1. The van der Waals surface area contributed by atoms with Gasteiger partial charge < -0.3 is 9.84 Å². The molecule has 0 bridgehead atoms. The van der Waals surface area contributed by atoms with Crippen LogP contribution in [0.2, 0.25) is 0 Å². The Balaban J connectivity index is 2.13. The van der Waals surface area contributed by atoms with Crippen LogP contribution in [0, 0.1) is 17.8 Å². The fourth-order valence-corrected chi connectivity index (χ4v) is 4.98. The Labute approximate surface area is 181 Å². The van der Waals surface area contributed by atoms with Crippen molar-refractivity contribution >= 4 is 23.8 Å². The molecule has 5 unspecified atom stereocenters. The number of nitrogens with one attached hydrogen (secondary N) is 1. The van der Waals surface area contributed by atoms with E-state index in [9.17, 15) is 24.3 Å². The summed E-state index contributed by atoms with van der Waals surface area (Å²) in [6.45, 7) is 10.3. The van der Waals surface area contributed by atoms with E-state index in [-0.39, 0.29) is 11.8 Å². The van der Waals surface area contributed by atoms with Gasteiger partial charge in [-0.15, -0.1) is 0 Å². The Hall–Kier alpha value is -2.74. The highest BCUT2D eigenvalue weighted by Gasteiger charge is 2.70. The SMILES string of the molecule is CCC(C)C1(C(=O)O)NC(c2ccc(OC(C)=O)cc2)C2C(=O)N(C(C)(C)C)C(=O)C21. The molecule has 8 nitrogen and oxygen atoms in total. The van der Waals surface area contributed by atoms with Crippen LogP contribution >= 0.6 is 0 Å². The van der Waals surface area contributed by atoms with Gasteiger partial charge in [0.1, 0.15) is 11.3 Å². The van der Waals surface area contributed by atoms with Crippen molar-refractivity contribution in [1.82, 2.24) is 10.2 Å². The van der Waals surface area contributed by atoms with E-state index in [2.05, 4.69) is 5.32 Å². The van der Waals surface area contributed by atoms with Gasteiger partial charge in [0.05, 0.1) is 11.8 Å². The van der Waals surface area contributed by atoms with Gasteiger partial charge in [-0.3, -0.25) is 29.4 Å². The molecule has 0 radical (unpaired) electrons. The van der Waals surface area contributed by atoms with Crippen molar-refractivity contribution in [2.75, 3.05) is 0 Å². The van der Waals surface area contributed by atoms with E-state index in [0.717, 1.165) is 0 Å². The molecular weight excluding hydrogens is 400 g/mol. The van der Waals surface area contributed by atoms with Crippen LogP contribution in [0.5, 0.6) is 5.75 Å². The van der Waals surface area contributed by atoms with Gasteiger partial charge in [0.15, 0.2) is 0 Å². The molecule has 2 aliphatic rings. The monoisotopic (exact) mass is 430 g/mol. The van der Waals surface area contributed by atoms with Gasteiger partial charge >= 0.3 is 11.9 Å². The molecule has 31 heavy (non-hydrogen) atoms. The maximum absolute atomic E-state index is 13.5. The Morgan fingerprint density at radius 2 is 1.77 bits per heavy atom. The second kappa shape index (κ2) is 7.75. The third-order valence-corrected chi connectivity index (χ3v) is 6.51. The first kappa shape index (κ1) is 22.9. The number of amides is 2. The molecule has 2 heterocycles. The topological polar surface area (TPSA) is 113 Å². The largest absolute Gasteiger partial charge is 0.480 e. The summed E-state index contributed by atoms with van der Waals surface area (Å²) in [7, 11) is 0. The lowest BCUT2D eigenvalue weighted by atomic mass is 9.72. The lowest BCUT2D eigenvalue weighted by Gasteiger charge is -2.38. The summed E-state index contributed by atoms with van der Waals surface area (Å²) in [5.41, 5.74) is -1.66. The van der Waals surface area contributed by atoms with Crippen LogP contribution < -0.4 is 10.1 Å². The Kier molecular flexibility index (Phi) is 5.73. The van der Waals surface area contributed by atoms with E-state index in [1.54, 1.807) is 52.0 Å². The summed E-state index contributed by atoms with van der Waals surface area (Å²) in [5.74, 6) is -4.28. The smallest absolute Gasteiger partial charge is 0.325 e.